The highest BCUT2D eigenvalue weighted by molar-refractivity contribution is 6.01. The van der Waals surface area contributed by atoms with E-state index in [1.807, 2.05) is 0 Å². The summed E-state index contributed by atoms with van der Waals surface area (Å²) < 4.78 is 10.5. The van der Waals surface area contributed by atoms with Crippen molar-refractivity contribution in [1.82, 2.24) is 10.2 Å². The van der Waals surface area contributed by atoms with Crippen molar-refractivity contribution in [2.75, 3.05) is 6.61 Å². The van der Waals surface area contributed by atoms with Gasteiger partial charge in [-0.2, -0.15) is 5.10 Å². The Bertz CT molecular complexity index is 1030. The summed E-state index contributed by atoms with van der Waals surface area (Å²) in [7, 11) is 0. The lowest BCUT2D eigenvalue weighted by atomic mass is 10.1. The van der Waals surface area contributed by atoms with E-state index >= 15 is 0 Å². The first-order chi connectivity index (χ1) is 12.5. The van der Waals surface area contributed by atoms with E-state index in [-0.39, 0.29) is 24.5 Å². The average molecular weight is 353 g/mol. The third-order valence-electron chi connectivity index (χ3n) is 3.54. The molecular weight excluding hydrogens is 338 g/mol. The zero-order valence-electron chi connectivity index (χ0n) is 13.6. The lowest BCUT2D eigenvalue weighted by molar-refractivity contribution is -0.119. The Hall–Kier alpha value is -3.68. The molecule has 0 aliphatic heterocycles. The number of amides is 1. The Kier molecular flexibility index (Phi) is 4.93. The summed E-state index contributed by atoms with van der Waals surface area (Å²) in [6, 6.07) is 13.4. The van der Waals surface area contributed by atoms with Crippen molar-refractivity contribution in [2.24, 2.45) is 5.73 Å². The van der Waals surface area contributed by atoms with E-state index in [0.717, 1.165) is 0 Å². The van der Waals surface area contributed by atoms with Gasteiger partial charge >= 0.3 is 5.97 Å². The highest BCUT2D eigenvalue weighted by Gasteiger charge is 2.15. The molecule has 8 nitrogen and oxygen atoms in total. The van der Waals surface area contributed by atoms with Crippen LogP contribution < -0.4 is 16.0 Å². The molecule has 26 heavy (non-hydrogen) atoms. The molecule has 0 unspecified atom stereocenters. The smallest absolute Gasteiger partial charge is 0.359 e. The summed E-state index contributed by atoms with van der Waals surface area (Å²) in [5, 5.41) is 6.86. The predicted molar refractivity (Wildman–Crippen MR) is 92.6 cm³/mol. The molecule has 0 aliphatic rings. The Morgan fingerprint density at radius 2 is 1.85 bits per heavy atom. The maximum absolute atomic E-state index is 12.3. The van der Waals surface area contributed by atoms with Gasteiger partial charge in [0.25, 0.3) is 11.5 Å². The molecule has 3 rings (SSSR count). The Balaban J connectivity index is 1.74. The van der Waals surface area contributed by atoms with Crippen LogP contribution in [0.25, 0.3) is 10.8 Å². The summed E-state index contributed by atoms with van der Waals surface area (Å²) in [4.78, 5) is 34.9. The van der Waals surface area contributed by atoms with Crippen molar-refractivity contribution in [1.29, 1.82) is 0 Å². The average Bonchev–Trinajstić information content (AvgIpc) is 2.65. The Labute approximate surface area is 147 Å². The Morgan fingerprint density at radius 1 is 1.08 bits per heavy atom. The van der Waals surface area contributed by atoms with Crippen molar-refractivity contribution < 1.29 is 19.1 Å². The normalized spacial score (nSPS) is 10.5. The quantitative estimate of drug-likeness (QED) is 0.641. The van der Waals surface area contributed by atoms with Crippen LogP contribution in [0.15, 0.2) is 53.3 Å². The van der Waals surface area contributed by atoms with E-state index in [2.05, 4.69) is 10.2 Å². The third kappa shape index (κ3) is 3.86. The van der Waals surface area contributed by atoms with Crippen molar-refractivity contribution in [3.05, 3.63) is 70.1 Å². The second-order valence-corrected chi connectivity index (χ2v) is 5.43. The molecule has 0 radical (unpaired) electrons. The standard InChI is InChI=1S/C18H15N3O5/c19-15(22)10-25-12-5-3-4-11(8-12)9-26-18(24)16-13-6-1-2-7-14(13)17(23)21-20-16/h1-8H,9-10H2,(H2,19,22)(H,21,23). The molecule has 3 aromatic rings. The van der Waals surface area contributed by atoms with Gasteiger partial charge in [-0.05, 0) is 23.8 Å². The van der Waals surface area contributed by atoms with Crippen LogP contribution in [0.4, 0.5) is 0 Å². The number of rotatable bonds is 6. The summed E-state index contributed by atoms with van der Waals surface area (Å²) in [5.41, 5.74) is 5.34. The number of nitrogens with zero attached hydrogens (tertiary/aromatic N) is 1. The number of hydrogen-bond acceptors (Lipinski definition) is 6. The lowest BCUT2D eigenvalue weighted by Crippen LogP contribution is -2.20. The van der Waals surface area contributed by atoms with Crippen LogP contribution in [0.5, 0.6) is 5.75 Å². The summed E-state index contributed by atoms with van der Waals surface area (Å²) in [6.45, 7) is -0.266. The maximum Gasteiger partial charge on any atom is 0.359 e. The van der Waals surface area contributed by atoms with Gasteiger partial charge in [-0.25, -0.2) is 9.89 Å². The van der Waals surface area contributed by atoms with Gasteiger partial charge in [-0.15, -0.1) is 0 Å². The zero-order chi connectivity index (χ0) is 18.5. The number of H-pyrrole nitrogens is 1. The minimum absolute atomic E-state index is 0.0261. The fraction of sp³-hybridized carbons (Fsp3) is 0.111. The number of ether oxygens (including phenoxy) is 2. The van der Waals surface area contributed by atoms with Crippen molar-refractivity contribution >= 4 is 22.6 Å². The predicted octanol–water partition coefficient (Wildman–Crippen LogP) is 1.14. The maximum atomic E-state index is 12.3. The molecule has 0 saturated carbocycles. The SMILES string of the molecule is NC(=O)COc1cccc(COC(=O)c2n[nH]c(=O)c3ccccc23)c1. The molecule has 8 heteroatoms. The number of carbonyl (C=O) groups excluding carboxylic acids is 2. The number of aromatic nitrogens is 2. The highest BCUT2D eigenvalue weighted by atomic mass is 16.5. The van der Waals surface area contributed by atoms with Crippen LogP contribution in [-0.2, 0) is 16.1 Å². The largest absolute Gasteiger partial charge is 0.484 e. The van der Waals surface area contributed by atoms with E-state index in [0.29, 0.717) is 22.1 Å². The van der Waals surface area contributed by atoms with Crippen LogP contribution in [-0.4, -0.2) is 28.7 Å². The van der Waals surface area contributed by atoms with Crippen LogP contribution in [0.3, 0.4) is 0 Å². The van der Waals surface area contributed by atoms with E-state index in [1.54, 1.807) is 48.5 Å². The fourth-order valence-electron chi connectivity index (χ4n) is 2.37. The topological polar surface area (TPSA) is 124 Å². The Morgan fingerprint density at radius 3 is 2.62 bits per heavy atom. The minimum Gasteiger partial charge on any atom is -0.484 e. The van der Waals surface area contributed by atoms with Crippen LogP contribution in [0.2, 0.25) is 0 Å². The van der Waals surface area contributed by atoms with Gasteiger partial charge in [0.15, 0.2) is 12.3 Å². The second-order valence-electron chi connectivity index (χ2n) is 5.43. The number of primary amides is 1. The summed E-state index contributed by atoms with van der Waals surface area (Å²) >= 11 is 0. The van der Waals surface area contributed by atoms with Gasteiger partial charge < -0.3 is 15.2 Å². The first-order valence-electron chi connectivity index (χ1n) is 7.69. The number of hydrogen-bond donors (Lipinski definition) is 2. The second kappa shape index (κ2) is 7.47. The van der Waals surface area contributed by atoms with Crippen LogP contribution >= 0.6 is 0 Å². The molecule has 0 bridgehead atoms. The van der Waals surface area contributed by atoms with E-state index in [4.69, 9.17) is 15.2 Å². The number of nitrogens with two attached hydrogens (primary N) is 1. The van der Waals surface area contributed by atoms with Crippen molar-refractivity contribution in [3.8, 4) is 5.75 Å². The highest BCUT2D eigenvalue weighted by Crippen LogP contribution is 2.16. The third-order valence-corrected chi connectivity index (χ3v) is 3.54. The number of benzene rings is 2. The fourth-order valence-corrected chi connectivity index (χ4v) is 2.37. The molecular formula is C18H15N3O5. The molecule has 0 atom stereocenters. The van der Waals surface area contributed by atoms with Crippen LogP contribution in [0, 0.1) is 0 Å². The number of esters is 1. The lowest BCUT2D eigenvalue weighted by Gasteiger charge is -2.08. The molecule has 1 heterocycles. The van der Waals surface area contributed by atoms with E-state index in [1.165, 1.54) is 0 Å². The van der Waals surface area contributed by atoms with E-state index < -0.39 is 11.9 Å². The first-order valence-corrected chi connectivity index (χ1v) is 7.69. The molecule has 132 valence electrons. The van der Waals surface area contributed by atoms with Gasteiger partial charge in [-0.1, -0.05) is 30.3 Å². The monoisotopic (exact) mass is 353 g/mol. The molecule has 0 spiro atoms. The summed E-state index contributed by atoms with van der Waals surface area (Å²) in [5.74, 6) is -0.816. The molecule has 2 aromatic carbocycles. The number of fused-ring (bicyclic) bond motifs is 1. The van der Waals surface area contributed by atoms with Gasteiger partial charge in [-0.3, -0.25) is 9.59 Å². The number of nitrogens with one attached hydrogen (secondary N) is 1. The van der Waals surface area contributed by atoms with Gasteiger partial charge in [0.2, 0.25) is 0 Å². The molecule has 1 amide bonds. The first kappa shape index (κ1) is 17.2. The van der Waals surface area contributed by atoms with Gasteiger partial charge in [0.1, 0.15) is 12.4 Å². The molecule has 3 N–H and O–H groups in total. The molecule has 0 saturated heterocycles. The minimum atomic E-state index is -0.666. The summed E-state index contributed by atoms with van der Waals surface area (Å²) in [6.07, 6.45) is 0. The zero-order valence-corrected chi connectivity index (χ0v) is 13.6. The van der Waals surface area contributed by atoms with Gasteiger partial charge in [0.05, 0.1) is 5.39 Å². The van der Waals surface area contributed by atoms with Crippen molar-refractivity contribution in [2.45, 2.75) is 6.61 Å². The molecule has 0 fully saturated rings. The van der Waals surface area contributed by atoms with Crippen LogP contribution in [0.1, 0.15) is 16.1 Å². The molecule has 0 aliphatic carbocycles. The van der Waals surface area contributed by atoms with E-state index in [9.17, 15) is 14.4 Å². The van der Waals surface area contributed by atoms with Crippen molar-refractivity contribution in [3.63, 3.8) is 0 Å². The number of carbonyl (C=O) groups is 2. The number of aromatic amines is 1. The molecule has 1 aromatic heterocycles. The van der Waals surface area contributed by atoms with Gasteiger partial charge in [0, 0.05) is 5.39 Å².